The molecule has 0 saturated carbocycles. The van der Waals surface area contributed by atoms with Gasteiger partial charge in [0.2, 0.25) is 0 Å². The van der Waals surface area contributed by atoms with Gasteiger partial charge in [0.25, 0.3) is 0 Å². The minimum absolute atomic E-state index is 0.351. The zero-order valence-electron chi connectivity index (χ0n) is 7.05. The van der Waals surface area contributed by atoms with Crippen LogP contribution < -0.4 is 0 Å². The summed E-state index contributed by atoms with van der Waals surface area (Å²) < 4.78 is 0. The number of hydrogen-bond acceptors (Lipinski definition) is 0. The van der Waals surface area contributed by atoms with Crippen molar-refractivity contribution in [3.63, 3.8) is 0 Å². The molecule has 0 aliphatic heterocycles. The maximum absolute atomic E-state index is 5.99. The Morgan fingerprint density at radius 3 is 2.75 bits per heavy atom. The van der Waals surface area contributed by atoms with Gasteiger partial charge in [-0.1, -0.05) is 36.7 Å². The van der Waals surface area contributed by atoms with Crippen molar-refractivity contribution in [2.45, 2.75) is 19.3 Å². The predicted molar refractivity (Wildman–Crippen MR) is 53.3 cm³/mol. The van der Waals surface area contributed by atoms with Crippen LogP contribution in [-0.4, -0.2) is 0 Å². The fourth-order valence-corrected chi connectivity index (χ4v) is 1.48. The molecule has 0 aliphatic carbocycles. The van der Waals surface area contributed by atoms with Gasteiger partial charge in [0, 0.05) is 11.4 Å². The van der Waals surface area contributed by atoms with E-state index in [-0.39, 0.29) is 0 Å². The molecule has 0 N–H and O–H groups in total. The molecule has 0 amide bonds. The third-order valence-electron chi connectivity index (χ3n) is 1.86. The summed E-state index contributed by atoms with van der Waals surface area (Å²) in [6, 6.07) is 7.82. The molecule has 0 aliphatic rings. The van der Waals surface area contributed by atoms with E-state index in [1.54, 1.807) is 0 Å². The van der Waals surface area contributed by atoms with Gasteiger partial charge in [0.1, 0.15) is 0 Å². The van der Waals surface area contributed by atoms with Gasteiger partial charge < -0.3 is 0 Å². The Kier molecular flexibility index (Phi) is 3.19. The average molecular weight is 179 g/mol. The van der Waals surface area contributed by atoms with Crippen LogP contribution in [0.5, 0.6) is 0 Å². The highest BCUT2D eigenvalue weighted by atomic mass is 35.5. The molecule has 1 aromatic carbocycles. The fraction of sp³-hybridized carbons (Fsp3) is 0.273. The summed E-state index contributed by atoms with van der Waals surface area (Å²) in [4.78, 5) is 0. The predicted octanol–water partition coefficient (Wildman–Crippen LogP) is 3.47. The Balaban J connectivity index is 2.88. The summed E-state index contributed by atoms with van der Waals surface area (Å²) >= 11 is 5.99. The maximum Gasteiger partial charge on any atom is 0.0441 e. The molecule has 0 nitrogen and oxygen atoms in total. The molecule has 12 heavy (non-hydrogen) atoms. The highest BCUT2D eigenvalue weighted by molar-refractivity contribution is 6.31. The minimum Gasteiger partial charge on any atom is -0.120 e. The van der Waals surface area contributed by atoms with Crippen molar-refractivity contribution in [2.75, 3.05) is 0 Å². The molecule has 0 radical (unpaired) electrons. The third kappa shape index (κ3) is 2.03. The molecule has 1 aromatic rings. The van der Waals surface area contributed by atoms with Crippen LogP contribution in [0.2, 0.25) is 5.02 Å². The molecular weight excluding hydrogens is 168 g/mol. The molecule has 0 spiro atoms. The van der Waals surface area contributed by atoms with Gasteiger partial charge in [-0.05, 0) is 17.5 Å². The second-order valence-electron chi connectivity index (χ2n) is 2.83. The fourth-order valence-electron chi connectivity index (χ4n) is 1.16. The van der Waals surface area contributed by atoms with E-state index in [1.807, 2.05) is 24.3 Å². The Bertz CT molecular complexity index is 296. The van der Waals surface area contributed by atoms with E-state index in [2.05, 4.69) is 12.8 Å². The molecule has 0 saturated heterocycles. The van der Waals surface area contributed by atoms with Gasteiger partial charge in [0.15, 0.2) is 0 Å². The van der Waals surface area contributed by atoms with Crippen LogP contribution in [0.3, 0.4) is 0 Å². The lowest BCUT2D eigenvalue weighted by atomic mass is 9.98. The SMILES string of the molecule is C#CCC(C)c1ccccc1Cl. The summed E-state index contributed by atoms with van der Waals surface area (Å²) in [5.74, 6) is 2.99. The normalized spacial score (nSPS) is 12.1. The zero-order valence-corrected chi connectivity index (χ0v) is 7.81. The van der Waals surface area contributed by atoms with Crippen LogP contribution in [0.15, 0.2) is 24.3 Å². The quantitative estimate of drug-likeness (QED) is 0.609. The summed E-state index contributed by atoms with van der Waals surface area (Å²) in [5.41, 5.74) is 1.14. The third-order valence-corrected chi connectivity index (χ3v) is 2.20. The number of terminal acetylenes is 1. The molecule has 1 heteroatoms. The Hall–Kier alpha value is -0.930. The van der Waals surface area contributed by atoms with Crippen LogP contribution in [0.25, 0.3) is 0 Å². The van der Waals surface area contributed by atoms with Crippen molar-refractivity contribution < 1.29 is 0 Å². The van der Waals surface area contributed by atoms with Crippen LogP contribution >= 0.6 is 11.6 Å². The first-order valence-corrected chi connectivity index (χ1v) is 4.31. The van der Waals surface area contributed by atoms with Crippen LogP contribution in [0, 0.1) is 12.3 Å². The highest BCUT2D eigenvalue weighted by Crippen LogP contribution is 2.25. The van der Waals surface area contributed by atoms with E-state index in [0.29, 0.717) is 5.92 Å². The maximum atomic E-state index is 5.99. The van der Waals surface area contributed by atoms with Gasteiger partial charge in [-0.2, -0.15) is 0 Å². The van der Waals surface area contributed by atoms with Crippen molar-refractivity contribution in [3.8, 4) is 12.3 Å². The van der Waals surface area contributed by atoms with E-state index in [9.17, 15) is 0 Å². The van der Waals surface area contributed by atoms with Crippen molar-refractivity contribution in [3.05, 3.63) is 34.9 Å². The number of halogens is 1. The van der Waals surface area contributed by atoms with E-state index in [1.165, 1.54) is 0 Å². The number of hydrogen-bond donors (Lipinski definition) is 0. The van der Waals surface area contributed by atoms with Gasteiger partial charge in [-0.3, -0.25) is 0 Å². The lowest BCUT2D eigenvalue weighted by molar-refractivity contribution is 0.796. The number of benzene rings is 1. The largest absolute Gasteiger partial charge is 0.120 e. The lowest BCUT2D eigenvalue weighted by Crippen LogP contribution is -1.92. The van der Waals surface area contributed by atoms with Crippen LogP contribution in [-0.2, 0) is 0 Å². The summed E-state index contributed by atoms with van der Waals surface area (Å²) in [6.07, 6.45) is 5.96. The van der Waals surface area contributed by atoms with Crippen molar-refractivity contribution in [1.29, 1.82) is 0 Å². The molecule has 62 valence electrons. The molecular formula is C11H11Cl. The van der Waals surface area contributed by atoms with Gasteiger partial charge in [-0.25, -0.2) is 0 Å². The van der Waals surface area contributed by atoms with Gasteiger partial charge in [-0.15, -0.1) is 12.3 Å². The molecule has 0 heterocycles. The van der Waals surface area contributed by atoms with Crippen LogP contribution in [0.1, 0.15) is 24.8 Å². The second-order valence-corrected chi connectivity index (χ2v) is 3.24. The number of rotatable bonds is 2. The standard InChI is InChI=1S/C11H11Cl/c1-3-6-9(2)10-7-4-5-8-11(10)12/h1,4-5,7-9H,6H2,2H3. The van der Waals surface area contributed by atoms with E-state index in [4.69, 9.17) is 18.0 Å². The monoisotopic (exact) mass is 178 g/mol. The molecule has 1 rings (SSSR count). The molecule has 1 unspecified atom stereocenters. The average Bonchev–Trinajstić information content (AvgIpc) is 2.05. The highest BCUT2D eigenvalue weighted by Gasteiger charge is 2.06. The molecule has 0 fully saturated rings. The van der Waals surface area contributed by atoms with E-state index >= 15 is 0 Å². The van der Waals surface area contributed by atoms with Gasteiger partial charge >= 0.3 is 0 Å². The van der Waals surface area contributed by atoms with Gasteiger partial charge in [0.05, 0.1) is 0 Å². The first kappa shape index (κ1) is 9.16. The van der Waals surface area contributed by atoms with E-state index in [0.717, 1.165) is 17.0 Å². The first-order valence-electron chi connectivity index (χ1n) is 3.93. The summed E-state index contributed by atoms with van der Waals surface area (Å²) in [7, 11) is 0. The first-order chi connectivity index (χ1) is 5.75. The Morgan fingerprint density at radius 1 is 1.50 bits per heavy atom. The lowest BCUT2D eigenvalue weighted by Gasteiger charge is -2.09. The van der Waals surface area contributed by atoms with Crippen LogP contribution in [0.4, 0.5) is 0 Å². The molecule has 1 atom stereocenters. The Labute approximate surface area is 78.6 Å². The Morgan fingerprint density at radius 2 is 2.17 bits per heavy atom. The van der Waals surface area contributed by atoms with E-state index < -0.39 is 0 Å². The smallest absolute Gasteiger partial charge is 0.0441 e. The minimum atomic E-state index is 0.351. The molecule has 0 bridgehead atoms. The summed E-state index contributed by atoms with van der Waals surface area (Å²) in [5, 5.41) is 0.806. The van der Waals surface area contributed by atoms with Crippen molar-refractivity contribution in [2.24, 2.45) is 0 Å². The van der Waals surface area contributed by atoms with Crippen molar-refractivity contribution in [1.82, 2.24) is 0 Å². The zero-order chi connectivity index (χ0) is 8.97. The molecule has 0 aromatic heterocycles. The second kappa shape index (κ2) is 4.18. The van der Waals surface area contributed by atoms with Crippen molar-refractivity contribution >= 4 is 11.6 Å². The topological polar surface area (TPSA) is 0 Å². The summed E-state index contributed by atoms with van der Waals surface area (Å²) in [6.45, 7) is 2.08.